The first-order valence-electron chi connectivity index (χ1n) is 6.27. The molecule has 102 valence electrons. The summed E-state index contributed by atoms with van der Waals surface area (Å²) >= 11 is 0. The van der Waals surface area contributed by atoms with Crippen LogP contribution in [-0.4, -0.2) is 49.6 Å². The molecule has 0 amide bonds. The van der Waals surface area contributed by atoms with Crippen LogP contribution >= 0.6 is 0 Å². The van der Waals surface area contributed by atoms with Gasteiger partial charge in [-0.25, -0.2) is 0 Å². The predicted octanol–water partition coefficient (Wildman–Crippen LogP) is 0.428. The third kappa shape index (κ3) is 2.64. The first-order valence-corrected chi connectivity index (χ1v) is 6.27. The van der Waals surface area contributed by atoms with Gasteiger partial charge < -0.3 is 18.9 Å². The van der Waals surface area contributed by atoms with Crippen LogP contribution in [0.2, 0.25) is 0 Å². The normalized spacial score (nSPS) is 34.1. The minimum atomic E-state index is -0.396. The van der Waals surface area contributed by atoms with Crippen molar-refractivity contribution in [3.63, 3.8) is 0 Å². The van der Waals surface area contributed by atoms with E-state index in [1.54, 1.807) is 13.8 Å². The summed E-state index contributed by atoms with van der Waals surface area (Å²) < 4.78 is 21.5. The summed E-state index contributed by atoms with van der Waals surface area (Å²) in [5, 5.41) is 0. The van der Waals surface area contributed by atoms with Gasteiger partial charge in [0.2, 0.25) is 0 Å². The van der Waals surface area contributed by atoms with Crippen molar-refractivity contribution in [2.45, 2.75) is 51.1 Å². The van der Waals surface area contributed by atoms with Crippen LogP contribution in [0, 0.1) is 0 Å². The second kappa shape index (κ2) is 5.67. The van der Waals surface area contributed by atoms with Crippen molar-refractivity contribution in [1.29, 1.82) is 0 Å². The number of fused-ring (bicyclic) bond motifs is 1. The molecule has 0 aromatic carbocycles. The van der Waals surface area contributed by atoms with Crippen LogP contribution in [-0.2, 0) is 28.5 Å². The highest BCUT2D eigenvalue weighted by molar-refractivity contribution is 5.69. The Hall–Kier alpha value is -1.14. The molecule has 2 fully saturated rings. The van der Waals surface area contributed by atoms with Crippen LogP contribution in [0.4, 0.5) is 0 Å². The molecular weight excluding hydrogens is 240 g/mol. The Kier molecular flexibility index (Phi) is 4.19. The largest absolute Gasteiger partial charge is 0.457 e. The molecule has 4 atom stereocenters. The number of carbonyl (C=O) groups is 2. The van der Waals surface area contributed by atoms with Crippen LogP contribution in [0.3, 0.4) is 0 Å². The van der Waals surface area contributed by atoms with Crippen LogP contribution in [0.5, 0.6) is 0 Å². The quantitative estimate of drug-likeness (QED) is 0.681. The van der Waals surface area contributed by atoms with E-state index >= 15 is 0 Å². The lowest BCUT2D eigenvalue weighted by molar-refractivity contribution is -0.154. The number of rotatable bonds is 4. The van der Waals surface area contributed by atoms with Crippen molar-refractivity contribution < 1.29 is 28.5 Å². The Labute approximate surface area is 106 Å². The number of ether oxygens (including phenoxy) is 4. The lowest BCUT2D eigenvalue weighted by Gasteiger charge is -2.16. The average molecular weight is 258 g/mol. The van der Waals surface area contributed by atoms with Gasteiger partial charge in [-0.3, -0.25) is 9.59 Å². The summed E-state index contributed by atoms with van der Waals surface area (Å²) in [4.78, 5) is 22.5. The minimum absolute atomic E-state index is 0.276. The maximum absolute atomic E-state index is 11.2. The van der Waals surface area contributed by atoms with Gasteiger partial charge in [-0.2, -0.15) is 0 Å². The van der Waals surface area contributed by atoms with Gasteiger partial charge in [-0.15, -0.1) is 0 Å². The molecule has 6 heteroatoms. The zero-order chi connectivity index (χ0) is 13.1. The van der Waals surface area contributed by atoms with E-state index in [4.69, 9.17) is 18.9 Å². The van der Waals surface area contributed by atoms with E-state index in [9.17, 15) is 9.59 Å². The molecule has 6 nitrogen and oxygen atoms in total. The van der Waals surface area contributed by atoms with Crippen molar-refractivity contribution in [3.05, 3.63) is 0 Å². The first kappa shape index (κ1) is 13.3. The molecule has 0 aromatic heterocycles. The summed E-state index contributed by atoms with van der Waals surface area (Å²) in [7, 11) is 0. The summed E-state index contributed by atoms with van der Waals surface area (Å²) in [5.41, 5.74) is 0. The van der Waals surface area contributed by atoms with Crippen molar-refractivity contribution >= 4 is 11.9 Å². The highest BCUT2D eigenvalue weighted by Gasteiger charge is 2.50. The minimum Gasteiger partial charge on any atom is -0.457 e. The van der Waals surface area contributed by atoms with Crippen molar-refractivity contribution in [3.8, 4) is 0 Å². The molecule has 0 saturated carbocycles. The van der Waals surface area contributed by atoms with Crippen molar-refractivity contribution in [1.82, 2.24) is 0 Å². The van der Waals surface area contributed by atoms with Crippen molar-refractivity contribution in [2.75, 3.05) is 13.2 Å². The fourth-order valence-corrected chi connectivity index (χ4v) is 2.14. The molecule has 2 heterocycles. The second-order valence-corrected chi connectivity index (χ2v) is 4.36. The Bertz CT molecular complexity index is 297. The van der Waals surface area contributed by atoms with Crippen LogP contribution in [0.1, 0.15) is 26.7 Å². The van der Waals surface area contributed by atoms with E-state index < -0.39 is 12.2 Å². The second-order valence-electron chi connectivity index (χ2n) is 4.36. The maximum atomic E-state index is 11.2. The monoisotopic (exact) mass is 258 g/mol. The van der Waals surface area contributed by atoms with E-state index in [0.717, 1.165) is 0 Å². The fourth-order valence-electron chi connectivity index (χ4n) is 2.14. The zero-order valence-electron chi connectivity index (χ0n) is 10.6. The molecule has 2 aliphatic rings. The third-order valence-corrected chi connectivity index (χ3v) is 3.11. The Morgan fingerprint density at radius 2 is 1.33 bits per heavy atom. The van der Waals surface area contributed by atoms with Crippen molar-refractivity contribution in [2.24, 2.45) is 0 Å². The van der Waals surface area contributed by atoms with Crippen LogP contribution in [0.25, 0.3) is 0 Å². The standard InChI is InChI=1S/C12H18O6/c1-3-9(13)17-7-5-15-12-8(6-16-11(7)12)18-10(14)4-2/h7-8,11-12H,3-6H2,1-2H3/t7-,8-,11+,12+/m0/s1. The summed E-state index contributed by atoms with van der Waals surface area (Å²) in [6.45, 7) is 4.05. The molecule has 18 heavy (non-hydrogen) atoms. The zero-order valence-corrected chi connectivity index (χ0v) is 10.6. The smallest absolute Gasteiger partial charge is 0.305 e. The van der Waals surface area contributed by atoms with E-state index in [0.29, 0.717) is 26.1 Å². The fraction of sp³-hybridized carbons (Fsp3) is 0.833. The Morgan fingerprint density at radius 1 is 0.944 bits per heavy atom. The summed E-state index contributed by atoms with van der Waals surface area (Å²) in [6, 6.07) is 0. The van der Waals surface area contributed by atoms with Gasteiger partial charge in [0.1, 0.15) is 12.2 Å². The molecular formula is C12H18O6. The highest BCUT2D eigenvalue weighted by atomic mass is 16.7. The van der Waals surface area contributed by atoms with Crippen LogP contribution < -0.4 is 0 Å². The molecule has 2 rings (SSSR count). The number of carbonyl (C=O) groups excluding carboxylic acids is 2. The molecule has 0 spiro atoms. The van der Waals surface area contributed by atoms with Gasteiger partial charge >= 0.3 is 11.9 Å². The van der Waals surface area contributed by atoms with Crippen LogP contribution in [0.15, 0.2) is 0 Å². The predicted molar refractivity (Wildman–Crippen MR) is 59.8 cm³/mol. The average Bonchev–Trinajstić information content (AvgIpc) is 2.93. The van der Waals surface area contributed by atoms with Gasteiger partial charge in [0, 0.05) is 12.8 Å². The third-order valence-electron chi connectivity index (χ3n) is 3.11. The molecule has 0 radical (unpaired) electrons. The van der Waals surface area contributed by atoms with E-state index in [1.165, 1.54) is 0 Å². The van der Waals surface area contributed by atoms with Gasteiger partial charge in [0.25, 0.3) is 0 Å². The molecule has 0 bridgehead atoms. The van der Waals surface area contributed by atoms with Gasteiger partial charge in [-0.1, -0.05) is 13.8 Å². The lowest BCUT2D eigenvalue weighted by atomic mass is 10.1. The Balaban J connectivity index is 1.90. The van der Waals surface area contributed by atoms with E-state index in [-0.39, 0.29) is 24.1 Å². The topological polar surface area (TPSA) is 71.1 Å². The maximum Gasteiger partial charge on any atom is 0.305 e. The summed E-state index contributed by atoms with van der Waals surface area (Å²) in [6.07, 6.45) is -0.796. The summed E-state index contributed by atoms with van der Waals surface area (Å²) in [5.74, 6) is -0.552. The van der Waals surface area contributed by atoms with E-state index in [2.05, 4.69) is 0 Å². The Morgan fingerprint density at radius 3 is 1.67 bits per heavy atom. The van der Waals surface area contributed by atoms with Gasteiger partial charge in [-0.05, 0) is 0 Å². The van der Waals surface area contributed by atoms with E-state index in [1.807, 2.05) is 0 Å². The van der Waals surface area contributed by atoms with Gasteiger partial charge in [0.05, 0.1) is 13.2 Å². The SMILES string of the molecule is CCC(=O)O[C@H]1CO[C@H]2[C@@H]1OC[C@@H]2OC(=O)CC. The molecule has 2 saturated heterocycles. The number of esters is 2. The molecule has 0 N–H and O–H groups in total. The molecule has 0 aliphatic carbocycles. The van der Waals surface area contributed by atoms with Gasteiger partial charge in [0.15, 0.2) is 12.2 Å². The first-order chi connectivity index (χ1) is 8.65. The lowest BCUT2D eigenvalue weighted by Crippen LogP contribution is -2.35. The molecule has 0 unspecified atom stereocenters. The molecule has 2 aliphatic heterocycles. The number of hydrogen-bond acceptors (Lipinski definition) is 6. The molecule has 0 aromatic rings. The highest BCUT2D eigenvalue weighted by Crippen LogP contribution is 2.30. The number of hydrogen-bond donors (Lipinski definition) is 0.